The Labute approximate surface area is 101 Å². The first kappa shape index (κ1) is 13.6. The SMILES string of the molecule is Fc1cc[c-]cc1.[Br][Au].c1c[n-]cn1. The summed E-state index contributed by atoms with van der Waals surface area (Å²) in [5.74, 6) is -0.209. The average Bonchev–Trinajstić information content (AvgIpc) is 2.80. The quantitative estimate of drug-likeness (QED) is 0.467. The molecule has 2 nitrogen and oxygen atoms in total. The Hall–Kier alpha value is -0.420. The van der Waals surface area contributed by atoms with Gasteiger partial charge in [0, 0.05) is 5.82 Å². The molecule has 0 fully saturated rings. The second-order valence-corrected chi connectivity index (χ2v) is 1.93. The van der Waals surface area contributed by atoms with Crippen LogP contribution in [-0.2, 0) is 18.9 Å². The zero-order chi connectivity index (χ0) is 10.6. The topological polar surface area (TPSA) is 27.0 Å². The Bertz CT molecular complexity index is 272. The van der Waals surface area contributed by atoms with E-state index in [1.807, 2.05) is 0 Å². The number of benzene rings is 1. The summed E-state index contributed by atoms with van der Waals surface area (Å²) in [5, 5.41) is 0. The van der Waals surface area contributed by atoms with Crippen LogP contribution in [-0.4, -0.2) is 4.98 Å². The van der Waals surface area contributed by atoms with Crippen molar-refractivity contribution < 1.29 is 23.3 Å². The van der Waals surface area contributed by atoms with Gasteiger partial charge in [-0.15, -0.1) is 12.1 Å². The minimum atomic E-state index is -0.209. The third-order valence-electron chi connectivity index (χ3n) is 1.05. The Kier molecular flexibility index (Phi) is 10.3. The van der Waals surface area contributed by atoms with Gasteiger partial charge in [-0.05, 0) is 0 Å². The van der Waals surface area contributed by atoms with E-state index in [1.165, 1.54) is 30.6 Å². The van der Waals surface area contributed by atoms with Crippen molar-refractivity contribution in [1.29, 1.82) is 0 Å². The molecule has 80 valence electrons. The summed E-state index contributed by atoms with van der Waals surface area (Å²) in [7, 11) is 0. The standard InChI is InChI=1S/C6H4F.C3H3N2.Au.BrH/c7-6-4-2-1-3-5-6;1-2-5-3-4-1;;/h2-5H;1-3H;;1H/q2*-1;+1;/p-1. The molecule has 0 saturated heterocycles. The second kappa shape index (κ2) is 10.7. The number of nitrogens with zero attached hydrogens (tertiary/aromatic N) is 2. The van der Waals surface area contributed by atoms with Gasteiger partial charge in [0.2, 0.25) is 0 Å². The minimum Gasteiger partial charge on any atom is -0.450 e. The predicted octanol–water partition coefficient (Wildman–Crippen LogP) is 2.51. The largest absolute Gasteiger partial charge is 0.450 e. The van der Waals surface area contributed by atoms with Crippen molar-refractivity contribution in [3.63, 3.8) is 0 Å². The second-order valence-electron chi connectivity index (χ2n) is 1.93. The van der Waals surface area contributed by atoms with E-state index in [9.17, 15) is 4.39 Å². The Balaban J connectivity index is 0.000000213. The van der Waals surface area contributed by atoms with Gasteiger partial charge in [-0.3, -0.25) is 0 Å². The van der Waals surface area contributed by atoms with Crippen LogP contribution in [0.1, 0.15) is 0 Å². The molecule has 0 aliphatic heterocycles. The maximum Gasteiger partial charge on any atom is -0.0843 e. The summed E-state index contributed by atoms with van der Waals surface area (Å²) in [6.07, 6.45) is 4.78. The molecule has 1 heterocycles. The summed E-state index contributed by atoms with van der Waals surface area (Å²) < 4.78 is 11.9. The number of hydrogen-bond acceptors (Lipinski definition) is 1. The summed E-state index contributed by atoms with van der Waals surface area (Å²) in [6, 6.07) is 8.49. The first-order valence-electron chi connectivity index (χ1n) is 3.49. The van der Waals surface area contributed by atoms with Crippen molar-refractivity contribution in [3.05, 3.63) is 54.9 Å². The van der Waals surface area contributed by atoms with E-state index in [4.69, 9.17) is 0 Å². The molecule has 0 aliphatic rings. The van der Waals surface area contributed by atoms with E-state index >= 15 is 0 Å². The molecule has 1 aromatic heterocycles. The molecule has 14 heavy (non-hydrogen) atoms. The number of hydrogen-bond donors (Lipinski definition) is 0. The minimum absolute atomic E-state index is 0.209. The number of rotatable bonds is 0. The molecule has 2 aromatic rings. The maximum absolute atomic E-state index is 11.9. The van der Waals surface area contributed by atoms with Crippen LogP contribution in [0.15, 0.2) is 43.0 Å². The van der Waals surface area contributed by atoms with Crippen LogP contribution in [0.4, 0.5) is 4.39 Å². The fraction of sp³-hybridized carbons (Fsp3) is 0. The summed E-state index contributed by atoms with van der Waals surface area (Å²) in [5.41, 5.74) is 0. The smallest absolute Gasteiger partial charge is 0.0843 e. The van der Waals surface area contributed by atoms with E-state index in [1.54, 1.807) is 12.4 Å². The normalized spacial score (nSPS) is 7.71. The van der Waals surface area contributed by atoms with Crippen molar-refractivity contribution >= 4 is 13.0 Å². The Morgan fingerprint density at radius 2 is 2.00 bits per heavy atom. The van der Waals surface area contributed by atoms with Gasteiger partial charge < -0.3 is 9.97 Å². The van der Waals surface area contributed by atoms with Crippen LogP contribution in [0.25, 0.3) is 0 Å². The maximum atomic E-state index is 11.9. The molecule has 0 bridgehead atoms. The van der Waals surface area contributed by atoms with Gasteiger partial charge in [0.25, 0.3) is 0 Å². The zero-order valence-corrected chi connectivity index (χ0v) is 10.7. The number of imidazole rings is 1. The van der Waals surface area contributed by atoms with Gasteiger partial charge in [-0.1, -0.05) is 18.7 Å². The predicted molar refractivity (Wildman–Crippen MR) is 51.7 cm³/mol. The van der Waals surface area contributed by atoms with E-state index in [0.717, 1.165) is 0 Å². The molecule has 0 spiro atoms. The van der Waals surface area contributed by atoms with Crippen LogP contribution >= 0.6 is 13.0 Å². The van der Waals surface area contributed by atoms with E-state index in [-0.39, 0.29) is 5.82 Å². The van der Waals surface area contributed by atoms with Gasteiger partial charge in [0.1, 0.15) is 0 Å². The monoisotopic (exact) mass is 438 g/mol. The van der Waals surface area contributed by atoms with Gasteiger partial charge in [-0.2, -0.15) is 18.2 Å². The summed E-state index contributed by atoms with van der Waals surface area (Å²) in [4.78, 5) is 7.22. The van der Waals surface area contributed by atoms with E-state index in [0.29, 0.717) is 0 Å². The molecule has 0 aliphatic carbocycles. The van der Waals surface area contributed by atoms with Gasteiger partial charge in [-0.25, -0.2) is 4.39 Å². The Morgan fingerprint density at radius 1 is 1.36 bits per heavy atom. The molecule has 1 aromatic carbocycles. The third-order valence-corrected chi connectivity index (χ3v) is 1.05. The molecule has 2 rings (SSSR count). The summed E-state index contributed by atoms with van der Waals surface area (Å²) in [6.45, 7) is 0. The van der Waals surface area contributed by atoms with Crippen LogP contribution in [0, 0.1) is 11.9 Å². The van der Waals surface area contributed by atoms with Crippen LogP contribution in [0.2, 0.25) is 0 Å². The van der Waals surface area contributed by atoms with Crippen molar-refractivity contribution in [2.45, 2.75) is 0 Å². The fourth-order valence-corrected chi connectivity index (χ4v) is 0.559. The van der Waals surface area contributed by atoms with Gasteiger partial charge in [0.05, 0.1) is 0 Å². The Morgan fingerprint density at radius 3 is 2.21 bits per heavy atom. The molecular weight excluding hydrogens is 432 g/mol. The average molecular weight is 439 g/mol. The van der Waals surface area contributed by atoms with Crippen LogP contribution < -0.4 is 4.98 Å². The van der Waals surface area contributed by atoms with Gasteiger partial charge >= 0.3 is 32.0 Å². The molecule has 0 amide bonds. The summed E-state index contributed by atoms with van der Waals surface area (Å²) >= 11 is 4.97. The molecule has 0 atom stereocenters. The molecule has 5 heteroatoms. The molecule has 0 radical (unpaired) electrons. The van der Waals surface area contributed by atoms with E-state index in [2.05, 4.69) is 48.0 Å². The molecule has 0 unspecified atom stereocenters. The van der Waals surface area contributed by atoms with Crippen molar-refractivity contribution in [2.75, 3.05) is 0 Å². The first-order chi connectivity index (χ1) is 6.89. The van der Waals surface area contributed by atoms with E-state index < -0.39 is 0 Å². The van der Waals surface area contributed by atoms with Crippen molar-refractivity contribution in [3.8, 4) is 0 Å². The third kappa shape index (κ3) is 8.19. The molecular formula is C9H7AuBrFN2-2. The molecule has 0 N–H and O–H groups in total. The number of halogens is 2. The fourth-order valence-electron chi connectivity index (χ4n) is 0.559. The van der Waals surface area contributed by atoms with Gasteiger partial charge in [0.15, 0.2) is 0 Å². The van der Waals surface area contributed by atoms with Crippen LogP contribution in [0.3, 0.4) is 0 Å². The molecule has 0 saturated carbocycles. The van der Waals surface area contributed by atoms with Crippen molar-refractivity contribution in [2.24, 2.45) is 0 Å². The zero-order valence-electron chi connectivity index (χ0n) is 6.99. The first-order valence-corrected chi connectivity index (χ1v) is 8.22. The van der Waals surface area contributed by atoms with Crippen LogP contribution in [0.5, 0.6) is 0 Å². The van der Waals surface area contributed by atoms with Crippen molar-refractivity contribution in [1.82, 2.24) is 9.97 Å². The number of aromatic nitrogens is 2.